The minimum Gasteiger partial charge on any atom is -0.465 e. The van der Waals surface area contributed by atoms with Crippen LogP contribution in [0.2, 0.25) is 0 Å². The molecule has 0 aliphatic carbocycles. The van der Waals surface area contributed by atoms with Gasteiger partial charge in [-0.2, -0.15) is 5.10 Å². The molecule has 0 radical (unpaired) electrons. The third kappa shape index (κ3) is 2.99. The summed E-state index contributed by atoms with van der Waals surface area (Å²) < 4.78 is 9.39. The van der Waals surface area contributed by atoms with Gasteiger partial charge in [-0.05, 0) is 30.3 Å². The molecule has 0 aliphatic heterocycles. The fraction of sp³-hybridized carbons (Fsp3) is 0.111. The predicted molar refractivity (Wildman–Crippen MR) is 90.5 cm³/mol. The van der Waals surface area contributed by atoms with E-state index in [1.807, 2.05) is 0 Å². The Morgan fingerprint density at radius 2 is 1.48 bits per heavy atom. The van der Waals surface area contributed by atoms with Crippen molar-refractivity contribution in [1.29, 1.82) is 0 Å². The van der Waals surface area contributed by atoms with Crippen molar-refractivity contribution < 1.29 is 19.1 Å². The van der Waals surface area contributed by atoms with Crippen molar-refractivity contribution in [3.05, 3.63) is 63.9 Å². The Labute approximate surface area is 142 Å². The molecule has 0 atom stereocenters. The van der Waals surface area contributed by atoms with Crippen LogP contribution < -0.4 is 5.56 Å². The number of nitrogens with one attached hydrogen (secondary N) is 1. The lowest BCUT2D eigenvalue weighted by Gasteiger charge is -2.07. The van der Waals surface area contributed by atoms with E-state index >= 15 is 0 Å². The van der Waals surface area contributed by atoms with Crippen LogP contribution in [0.1, 0.15) is 20.7 Å². The van der Waals surface area contributed by atoms with Crippen LogP contribution in [-0.4, -0.2) is 36.4 Å². The van der Waals surface area contributed by atoms with Crippen molar-refractivity contribution in [1.82, 2.24) is 10.2 Å². The average molecular weight is 338 g/mol. The van der Waals surface area contributed by atoms with Gasteiger partial charge in [0.25, 0.3) is 5.56 Å². The van der Waals surface area contributed by atoms with E-state index in [4.69, 9.17) is 4.74 Å². The van der Waals surface area contributed by atoms with E-state index in [2.05, 4.69) is 14.9 Å². The van der Waals surface area contributed by atoms with Crippen molar-refractivity contribution >= 4 is 22.7 Å². The van der Waals surface area contributed by atoms with Crippen molar-refractivity contribution in [2.75, 3.05) is 14.2 Å². The molecule has 0 saturated carbocycles. The second-order valence-corrected chi connectivity index (χ2v) is 5.22. The van der Waals surface area contributed by atoms with Gasteiger partial charge in [-0.15, -0.1) is 0 Å². The van der Waals surface area contributed by atoms with Crippen molar-refractivity contribution in [3.8, 4) is 11.3 Å². The number of fused-ring (bicyclic) bond motifs is 1. The lowest BCUT2D eigenvalue weighted by molar-refractivity contribution is 0.0592. The van der Waals surface area contributed by atoms with Gasteiger partial charge >= 0.3 is 11.9 Å². The van der Waals surface area contributed by atoms with Gasteiger partial charge in [0, 0.05) is 10.9 Å². The number of H-pyrrole nitrogens is 1. The molecule has 3 aromatic rings. The Bertz CT molecular complexity index is 1020. The number of esters is 2. The number of aromatic nitrogens is 2. The monoisotopic (exact) mass is 338 g/mol. The molecule has 3 rings (SSSR count). The summed E-state index contributed by atoms with van der Waals surface area (Å²) in [5.74, 6) is -0.951. The van der Waals surface area contributed by atoms with Gasteiger partial charge in [-0.25, -0.2) is 14.7 Å². The number of aromatic amines is 1. The molecule has 0 spiro atoms. The summed E-state index contributed by atoms with van der Waals surface area (Å²) in [6, 6.07) is 11.2. The minimum absolute atomic E-state index is 0.315. The lowest BCUT2D eigenvalue weighted by atomic mass is 10.0. The largest absolute Gasteiger partial charge is 0.465 e. The molecule has 0 fully saturated rings. The molecule has 0 aliphatic rings. The van der Waals surface area contributed by atoms with E-state index in [9.17, 15) is 14.4 Å². The SMILES string of the molecule is COC(=O)c1ccc(-c2n[nH]c(=O)c3ccc(C(=O)OC)cc23)cc1. The third-order valence-electron chi connectivity index (χ3n) is 3.79. The number of carbonyl (C=O) groups is 2. The highest BCUT2D eigenvalue weighted by atomic mass is 16.5. The summed E-state index contributed by atoms with van der Waals surface area (Å²) in [6.45, 7) is 0. The van der Waals surface area contributed by atoms with Gasteiger partial charge in [0.15, 0.2) is 0 Å². The topological polar surface area (TPSA) is 98.4 Å². The molecule has 0 saturated heterocycles. The summed E-state index contributed by atoms with van der Waals surface area (Å²) in [4.78, 5) is 35.3. The maximum absolute atomic E-state index is 12.0. The highest BCUT2D eigenvalue weighted by Gasteiger charge is 2.13. The number of benzene rings is 2. The third-order valence-corrected chi connectivity index (χ3v) is 3.79. The maximum atomic E-state index is 12.0. The number of hydrogen-bond donors (Lipinski definition) is 1. The molecule has 7 nitrogen and oxygen atoms in total. The van der Waals surface area contributed by atoms with Crippen LogP contribution in [0, 0.1) is 0 Å². The smallest absolute Gasteiger partial charge is 0.337 e. The van der Waals surface area contributed by atoms with Crippen LogP contribution in [0.25, 0.3) is 22.0 Å². The van der Waals surface area contributed by atoms with Gasteiger partial charge in [0.2, 0.25) is 0 Å². The first kappa shape index (κ1) is 16.4. The summed E-state index contributed by atoms with van der Waals surface area (Å²) in [5, 5.41) is 7.44. The minimum atomic E-state index is -0.505. The van der Waals surface area contributed by atoms with Crippen LogP contribution in [0.15, 0.2) is 47.3 Å². The number of carbonyl (C=O) groups excluding carboxylic acids is 2. The summed E-state index contributed by atoms with van der Waals surface area (Å²) in [7, 11) is 2.59. The van der Waals surface area contributed by atoms with Crippen LogP contribution in [0.5, 0.6) is 0 Å². The average Bonchev–Trinajstić information content (AvgIpc) is 2.67. The predicted octanol–water partition coefficient (Wildman–Crippen LogP) is 2.16. The molecule has 1 N–H and O–H groups in total. The molecule has 126 valence electrons. The van der Waals surface area contributed by atoms with Gasteiger partial charge in [0.1, 0.15) is 0 Å². The molecular weight excluding hydrogens is 324 g/mol. The fourth-order valence-electron chi connectivity index (χ4n) is 2.51. The molecule has 25 heavy (non-hydrogen) atoms. The van der Waals surface area contributed by atoms with Gasteiger partial charge in [-0.1, -0.05) is 12.1 Å². The molecule has 1 heterocycles. The van der Waals surface area contributed by atoms with Gasteiger partial charge < -0.3 is 9.47 Å². The first-order chi connectivity index (χ1) is 12.0. The molecule has 7 heteroatoms. The molecule has 1 aromatic heterocycles. The Kier molecular flexibility index (Phi) is 4.30. The molecular formula is C18H14N2O5. The van der Waals surface area contributed by atoms with E-state index < -0.39 is 11.9 Å². The lowest BCUT2D eigenvalue weighted by Crippen LogP contribution is -2.11. The van der Waals surface area contributed by atoms with E-state index in [1.165, 1.54) is 20.3 Å². The van der Waals surface area contributed by atoms with Crippen molar-refractivity contribution in [3.63, 3.8) is 0 Å². The second-order valence-electron chi connectivity index (χ2n) is 5.22. The zero-order valence-corrected chi connectivity index (χ0v) is 13.5. The van der Waals surface area contributed by atoms with E-state index in [0.717, 1.165) is 0 Å². The highest BCUT2D eigenvalue weighted by Crippen LogP contribution is 2.25. The Morgan fingerprint density at radius 3 is 2.12 bits per heavy atom. The summed E-state index contributed by atoms with van der Waals surface area (Å²) in [6.07, 6.45) is 0. The van der Waals surface area contributed by atoms with Crippen LogP contribution in [-0.2, 0) is 9.47 Å². The van der Waals surface area contributed by atoms with E-state index in [1.54, 1.807) is 36.4 Å². The zero-order chi connectivity index (χ0) is 18.0. The van der Waals surface area contributed by atoms with E-state index in [-0.39, 0.29) is 5.56 Å². The van der Waals surface area contributed by atoms with Gasteiger partial charge in [-0.3, -0.25) is 4.79 Å². The fourth-order valence-corrected chi connectivity index (χ4v) is 2.51. The van der Waals surface area contributed by atoms with Crippen LogP contribution >= 0.6 is 0 Å². The number of rotatable bonds is 3. The van der Waals surface area contributed by atoms with Crippen molar-refractivity contribution in [2.24, 2.45) is 0 Å². The maximum Gasteiger partial charge on any atom is 0.337 e. The molecule has 2 aromatic carbocycles. The molecule has 0 unspecified atom stereocenters. The normalized spacial score (nSPS) is 10.5. The highest BCUT2D eigenvalue weighted by molar-refractivity contribution is 6.00. The zero-order valence-electron chi connectivity index (χ0n) is 13.5. The second kappa shape index (κ2) is 6.56. The van der Waals surface area contributed by atoms with Crippen LogP contribution in [0.3, 0.4) is 0 Å². The Morgan fingerprint density at radius 1 is 0.880 bits per heavy atom. The number of hydrogen-bond acceptors (Lipinski definition) is 6. The first-order valence-corrected chi connectivity index (χ1v) is 7.34. The number of ether oxygens (including phenoxy) is 2. The van der Waals surface area contributed by atoms with Gasteiger partial charge in [0.05, 0.1) is 36.4 Å². The number of methoxy groups -OCH3 is 2. The Hall–Kier alpha value is -3.48. The molecule has 0 bridgehead atoms. The number of nitrogens with zero attached hydrogens (tertiary/aromatic N) is 1. The van der Waals surface area contributed by atoms with Crippen LogP contribution in [0.4, 0.5) is 0 Å². The standard InChI is InChI=1S/C18H14N2O5/c1-24-17(22)11-5-3-10(4-6-11)15-14-9-12(18(23)25-2)7-8-13(14)16(21)20-19-15/h3-9H,1-2H3,(H,20,21). The van der Waals surface area contributed by atoms with E-state index in [0.29, 0.717) is 33.2 Å². The first-order valence-electron chi connectivity index (χ1n) is 7.34. The summed E-state index contributed by atoms with van der Waals surface area (Å²) in [5.41, 5.74) is 1.51. The van der Waals surface area contributed by atoms with Crippen molar-refractivity contribution in [2.45, 2.75) is 0 Å². The Balaban J connectivity index is 2.18. The molecule has 0 amide bonds. The quantitative estimate of drug-likeness (QED) is 0.735. The summed E-state index contributed by atoms with van der Waals surface area (Å²) >= 11 is 0.